The molecule has 0 atom stereocenters. The normalized spacial score (nSPS) is 11.6. The van der Waals surface area contributed by atoms with Gasteiger partial charge in [-0.1, -0.05) is 42.0 Å². The third-order valence-electron chi connectivity index (χ3n) is 4.25. The molecule has 4 nitrogen and oxygen atoms in total. The molecule has 3 aromatic rings. The minimum Gasteiger partial charge on any atom is -0.496 e. The topological polar surface area (TPSA) is 43.6 Å². The molecule has 2 aromatic carbocycles. The number of thiazole rings is 1. The number of hydrogen-bond acceptors (Lipinski definition) is 3. The van der Waals surface area contributed by atoms with Crippen LogP contribution < -0.4 is 9.54 Å². The molecule has 0 unspecified atom stereocenters. The van der Waals surface area contributed by atoms with Gasteiger partial charge < -0.3 is 9.30 Å². The molecule has 1 heterocycles. The van der Waals surface area contributed by atoms with E-state index in [1.54, 1.807) is 19.2 Å². The van der Waals surface area contributed by atoms with Gasteiger partial charge in [-0.2, -0.15) is 4.99 Å². The summed E-state index contributed by atoms with van der Waals surface area (Å²) in [6.45, 7) is 6.95. The number of methoxy groups -OCH3 is 1. The largest absolute Gasteiger partial charge is 0.496 e. The summed E-state index contributed by atoms with van der Waals surface area (Å²) in [5, 5.41) is 0. The van der Waals surface area contributed by atoms with Crippen LogP contribution in [0.2, 0.25) is 0 Å². The maximum atomic E-state index is 12.7. The van der Waals surface area contributed by atoms with Crippen LogP contribution in [0.1, 0.15) is 27.7 Å². The van der Waals surface area contributed by atoms with E-state index in [9.17, 15) is 4.79 Å². The lowest BCUT2D eigenvalue weighted by Crippen LogP contribution is -2.17. The zero-order valence-corrected chi connectivity index (χ0v) is 16.3. The van der Waals surface area contributed by atoms with Crippen LogP contribution in [0.3, 0.4) is 0 Å². The fraction of sp³-hybridized carbons (Fsp3) is 0.238. The van der Waals surface area contributed by atoms with E-state index >= 15 is 0 Å². The van der Waals surface area contributed by atoms with E-state index in [0.717, 1.165) is 22.7 Å². The number of para-hydroxylation sites is 1. The highest BCUT2D eigenvalue weighted by molar-refractivity contribution is 7.09. The maximum Gasteiger partial charge on any atom is 0.283 e. The monoisotopic (exact) mass is 366 g/mol. The number of hydrogen-bond donors (Lipinski definition) is 0. The van der Waals surface area contributed by atoms with Crippen LogP contribution in [0.25, 0.3) is 11.3 Å². The van der Waals surface area contributed by atoms with Crippen LogP contribution in [0.4, 0.5) is 0 Å². The van der Waals surface area contributed by atoms with Crippen LogP contribution in [0, 0.1) is 13.8 Å². The summed E-state index contributed by atoms with van der Waals surface area (Å²) in [7, 11) is 1.56. The predicted molar refractivity (Wildman–Crippen MR) is 106 cm³/mol. The number of ether oxygens (including phenoxy) is 1. The Kier molecular flexibility index (Phi) is 5.38. The molecule has 1 amide bonds. The van der Waals surface area contributed by atoms with Gasteiger partial charge in [0.25, 0.3) is 5.91 Å². The highest BCUT2D eigenvalue weighted by atomic mass is 32.1. The number of carbonyl (C=O) groups is 1. The first-order valence-corrected chi connectivity index (χ1v) is 9.36. The minimum absolute atomic E-state index is 0.290. The van der Waals surface area contributed by atoms with E-state index < -0.39 is 0 Å². The molecule has 0 spiro atoms. The molecule has 0 aliphatic rings. The number of aromatic nitrogens is 1. The lowest BCUT2D eigenvalue weighted by atomic mass is 10.1. The lowest BCUT2D eigenvalue weighted by molar-refractivity contribution is 0.0995. The summed E-state index contributed by atoms with van der Waals surface area (Å²) >= 11 is 1.54. The van der Waals surface area contributed by atoms with Crippen molar-refractivity contribution in [1.29, 1.82) is 0 Å². The minimum atomic E-state index is -0.290. The average Bonchev–Trinajstić information content (AvgIpc) is 2.97. The highest BCUT2D eigenvalue weighted by Gasteiger charge is 2.15. The first kappa shape index (κ1) is 18.1. The third kappa shape index (κ3) is 3.48. The molecular formula is C21H22N2O2S. The molecule has 0 saturated heterocycles. The van der Waals surface area contributed by atoms with Gasteiger partial charge in [0.05, 0.1) is 18.4 Å². The number of benzene rings is 2. The van der Waals surface area contributed by atoms with E-state index in [1.807, 2.05) is 12.1 Å². The number of rotatable bonds is 4. The zero-order valence-electron chi connectivity index (χ0n) is 15.4. The fourth-order valence-electron chi connectivity index (χ4n) is 2.94. The van der Waals surface area contributed by atoms with Gasteiger partial charge in [0, 0.05) is 11.4 Å². The van der Waals surface area contributed by atoms with Gasteiger partial charge in [0.15, 0.2) is 4.80 Å². The van der Waals surface area contributed by atoms with Gasteiger partial charge >= 0.3 is 0 Å². The van der Waals surface area contributed by atoms with Crippen molar-refractivity contribution in [1.82, 2.24) is 4.57 Å². The predicted octanol–water partition coefficient (Wildman–Crippen LogP) is 4.60. The Balaban J connectivity index is 2.11. The Morgan fingerprint density at radius 2 is 1.81 bits per heavy atom. The second-order valence-electron chi connectivity index (χ2n) is 6.02. The highest BCUT2D eigenvalue weighted by Crippen LogP contribution is 2.26. The van der Waals surface area contributed by atoms with E-state index in [1.165, 1.54) is 16.9 Å². The van der Waals surface area contributed by atoms with Gasteiger partial charge in [-0.15, -0.1) is 11.3 Å². The van der Waals surface area contributed by atoms with Crippen molar-refractivity contribution < 1.29 is 9.53 Å². The fourth-order valence-corrected chi connectivity index (χ4v) is 4.00. The quantitative estimate of drug-likeness (QED) is 0.677. The summed E-state index contributed by atoms with van der Waals surface area (Å²) in [4.78, 5) is 19.0. The molecule has 1 aromatic heterocycles. The Labute approximate surface area is 157 Å². The van der Waals surface area contributed by atoms with Crippen LogP contribution in [0.15, 0.2) is 53.5 Å². The van der Waals surface area contributed by atoms with E-state index in [2.05, 4.69) is 54.6 Å². The smallest absolute Gasteiger partial charge is 0.283 e. The van der Waals surface area contributed by atoms with Gasteiger partial charge in [0.1, 0.15) is 5.75 Å². The standard InChI is InChI=1S/C21H22N2O2S/c1-5-23-19(16-12-10-14(2)11-13-16)15(3)26-21(23)22-20(24)17-8-6-7-9-18(17)25-4/h6-13H,5H2,1-4H3. The summed E-state index contributed by atoms with van der Waals surface area (Å²) in [5.74, 6) is 0.248. The number of nitrogens with zero attached hydrogens (tertiary/aromatic N) is 2. The molecule has 0 N–H and O–H groups in total. The Morgan fingerprint density at radius 3 is 2.46 bits per heavy atom. The number of carbonyl (C=O) groups excluding carboxylic acids is 1. The summed E-state index contributed by atoms with van der Waals surface area (Å²) in [5.41, 5.74) is 3.95. The molecule has 0 bridgehead atoms. The Morgan fingerprint density at radius 1 is 1.12 bits per heavy atom. The second-order valence-corrected chi connectivity index (χ2v) is 7.20. The zero-order chi connectivity index (χ0) is 18.7. The van der Waals surface area contributed by atoms with Crippen LogP contribution in [0.5, 0.6) is 5.75 Å². The van der Waals surface area contributed by atoms with Gasteiger partial charge in [0.2, 0.25) is 0 Å². The molecule has 0 fully saturated rings. The Bertz CT molecular complexity index is 998. The third-order valence-corrected chi connectivity index (χ3v) is 5.25. The SMILES string of the molecule is CCn1c(-c2ccc(C)cc2)c(C)sc1=NC(=O)c1ccccc1OC. The summed E-state index contributed by atoms with van der Waals surface area (Å²) in [6.07, 6.45) is 0. The van der Waals surface area contributed by atoms with E-state index in [0.29, 0.717) is 16.1 Å². The first-order valence-electron chi connectivity index (χ1n) is 8.54. The van der Waals surface area contributed by atoms with Crippen molar-refractivity contribution in [2.75, 3.05) is 7.11 Å². The second kappa shape index (κ2) is 7.70. The molecule has 5 heteroatoms. The van der Waals surface area contributed by atoms with Crippen LogP contribution in [-0.2, 0) is 6.54 Å². The molecular weight excluding hydrogens is 344 g/mol. The summed E-state index contributed by atoms with van der Waals surface area (Å²) < 4.78 is 7.38. The molecule has 3 rings (SSSR count). The molecule has 0 saturated carbocycles. The van der Waals surface area contributed by atoms with Crippen molar-refractivity contribution in [3.05, 3.63) is 69.3 Å². The Hall–Kier alpha value is -2.66. The first-order chi connectivity index (χ1) is 12.5. The van der Waals surface area contributed by atoms with Crippen molar-refractivity contribution in [2.24, 2.45) is 4.99 Å². The average molecular weight is 366 g/mol. The van der Waals surface area contributed by atoms with Gasteiger partial charge in [-0.05, 0) is 38.5 Å². The molecule has 0 radical (unpaired) electrons. The molecule has 134 valence electrons. The summed E-state index contributed by atoms with van der Waals surface area (Å²) in [6, 6.07) is 15.6. The van der Waals surface area contributed by atoms with E-state index in [-0.39, 0.29) is 5.91 Å². The number of aryl methyl sites for hydroxylation is 2. The van der Waals surface area contributed by atoms with Crippen LogP contribution >= 0.6 is 11.3 Å². The molecule has 26 heavy (non-hydrogen) atoms. The van der Waals surface area contributed by atoms with Crippen molar-refractivity contribution >= 4 is 17.2 Å². The maximum absolute atomic E-state index is 12.7. The van der Waals surface area contributed by atoms with Gasteiger partial charge in [-0.25, -0.2) is 0 Å². The van der Waals surface area contributed by atoms with E-state index in [4.69, 9.17) is 4.74 Å². The van der Waals surface area contributed by atoms with Crippen molar-refractivity contribution in [3.8, 4) is 17.0 Å². The van der Waals surface area contributed by atoms with Crippen molar-refractivity contribution in [3.63, 3.8) is 0 Å². The molecule has 0 aliphatic carbocycles. The molecule has 0 aliphatic heterocycles. The number of amides is 1. The van der Waals surface area contributed by atoms with Gasteiger partial charge in [-0.3, -0.25) is 4.79 Å². The van der Waals surface area contributed by atoms with Crippen molar-refractivity contribution in [2.45, 2.75) is 27.3 Å². The lowest BCUT2D eigenvalue weighted by Gasteiger charge is -2.08. The van der Waals surface area contributed by atoms with Crippen LogP contribution in [-0.4, -0.2) is 17.6 Å².